The largest absolute Gasteiger partial charge is 0.272 e. The Labute approximate surface area is 67.1 Å². The molecule has 62 valence electrons. The molecule has 0 saturated carbocycles. The van der Waals surface area contributed by atoms with Crippen molar-refractivity contribution in [1.29, 1.82) is 0 Å². The van der Waals surface area contributed by atoms with Crippen LogP contribution in [0.3, 0.4) is 0 Å². The number of amides is 1. The number of carbonyl (C=O) groups is 1. The Morgan fingerprint density at radius 1 is 1.55 bits per heavy atom. The summed E-state index contributed by atoms with van der Waals surface area (Å²) in [6.45, 7) is 7.72. The lowest BCUT2D eigenvalue weighted by Gasteiger charge is -2.16. The fourth-order valence-electron chi connectivity index (χ4n) is 1.05. The van der Waals surface area contributed by atoms with Gasteiger partial charge in [-0.25, -0.2) is 5.01 Å². The van der Waals surface area contributed by atoms with Crippen LogP contribution in [0, 0.1) is 5.92 Å². The van der Waals surface area contributed by atoms with Gasteiger partial charge in [-0.1, -0.05) is 0 Å². The molecule has 3 heteroatoms. The van der Waals surface area contributed by atoms with Crippen LogP contribution in [0.2, 0.25) is 0 Å². The van der Waals surface area contributed by atoms with E-state index in [1.807, 2.05) is 27.7 Å². The zero-order valence-electron chi connectivity index (χ0n) is 7.46. The van der Waals surface area contributed by atoms with Crippen LogP contribution in [0.4, 0.5) is 0 Å². The number of nitrogens with zero attached hydrogens (tertiary/aromatic N) is 2. The Morgan fingerprint density at radius 2 is 2.09 bits per heavy atom. The molecule has 1 aliphatic heterocycles. The summed E-state index contributed by atoms with van der Waals surface area (Å²) in [4.78, 5) is 11.4. The minimum atomic E-state index is -0.0163. The van der Waals surface area contributed by atoms with Crippen molar-refractivity contribution in [3.63, 3.8) is 0 Å². The summed E-state index contributed by atoms with van der Waals surface area (Å²) in [5, 5.41) is 5.71. The lowest BCUT2D eigenvalue weighted by Crippen LogP contribution is -2.31. The first-order chi connectivity index (χ1) is 5.04. The number of carbonyl (C=O) groups excluding carboxylic acids is 1. The van der Waals surface area contributed by atoms with Crippen LogP contribution in [0.5, 0.6) is 0 Å². The van der Waals surface area contributed by atoms with Gasteiger partial charge in [0.15, 0.2) is 0 Å². The van der Waals surface area contributed by atoms with E-state index in [4.69, 9.17) is 0 Å². The quantitative estimate of drug-likeness (QED) is 0.559. The molecule has 0 spiro atoms. The molecule has 0 saturated heterocycles. The molecule has 1 atom stereocenters. The Balaban J connectivity index is 2.81. The van der Waals surface area contributed by atoms with Gasteiger partial charge in [-0.15, -0.1) is 0 Å². The average Bonchev–Trinajstić information content (AvgIpc) is 2.17. The lowest BCUT2D eigenvalue weighted by molar-refractivity contribution is -0.132. The summed E-state index contributed by atoms with van der Waals surface area (Å²) in [7, 11) is 0. The van der Waals surface area contributed by atoms with Gasteiger partial charge in [0.2, 0.25) is 0 Å². The second kappa shape index (κ2) is 2.64. The van der Waals surface area contributed by atoms with Gasteiger partial charge >= 0.3 is 0 Å². The molecule has 1 heterocycles. The van der Waals surface area contributed by atoms with Crippen molar-refractivity contribution in [3.05, 3.63) is 0 Å². The van der Waals surface area contributed by atoms with Crippen LogP contribution in [-0.4, -0.2) is 22.7 Å². The fourth-order valence-corrected chi connectivity index (χ4v) is 1.05. The Morgan fingerprint density at radius 3 is 2.27 bits per heavy atom. The Bertz CT molecular complexity index is 208. The van der Waals surface area contributed by atoms with E-state index in [-0.39, 0.29) is 17.9 Å². The molecule has 0 fully saturated rings. The van der Waals surface area contributed by atoms with Gasteiger partial charge in [-0.2, -0.15) is 5.10 Å². The van der Waals surface area contributed by atoms with Gasteiger partial charge in [-0.3, -0.25) is 4.79 Å². The molecule has 0 N–H and O–H groups in total. The minimum absolute atomic E-state index is 0.0163. The molecule has 0 radical (unpaired) electrons. The first-order valence-corrected chi connectivity index (χ1v) is 3.92. The Kier molecular flexibility index (Phi) is 1.98. The number of hydrogen-bond acceptors (Lipinski definition) is 2. The zero-order chi connectivity index (χ0) is 8.59. The molecule has 11 heavy (non-hydrogen) atoms. The lowest BCUT2D eigenvalue weighted by atomic mass is 10.1. The van der Waals surface area contributed by atoms with E-state index in [0.717, 1.165) is 5.71 Å². The molecule has 0 aliphatic carbocycles. The van der Waals surface area contributed by atoms with E-state index >= 15 is 0 Å². The van der Waals surface area contributed by atoms with Gasteiger partial charge in [0.05, 0.1) is 5.92 Å². The maximum Gasteiger partial charge on any atom is 0.251 e. The highest BCUT2D eigenvalue weighted by molar-refractivity contribution is 6.06. The second-order valence-electron chi connectivity index (χ2n) is 3.24. The van der Waals surface area contributed by atoms with Crippen LogP contribution in [0.1, 0.15) is 27.7 Å². The summed E-state index contributed by atoms with van der Waals surface area (Å²) in [6, 6.07) is 0.183. The molecule has 0 aromatic rings. The van der Waals surface area contributed by atoms with Crippen molar-refractivity contribution < 1.29 is 4.79 Å². The van der Waals surface area contributed by atoms with Crippen molar-refractivity contribution in [1.82, 2.24) is 5.01 Å². The number of hydrazone groups is 1. The van der Waals surface area contributed by atoms with Crippen molar-refractivity contribution in [2.75, 3.05) is 0 Å². The SMILES string of the molecule is CC1=NN(C(C)C)C(=O)C1C. The predicted octanol–water partition coefficient (Wildman–Crippen LogP) is 1.25. The summed E-state index contributed by atoms with van der Waals surface area (Å²) in [6.07, 6.45) is 0. The first-order valence-electron chi connectivity index (χ1n) is 3.92. The monoisotopic (exact) mass is 154 g/mol. The smallest absolute Gasteiger partial charge is 0.251 e. The molecule has 1 aliphatic rings. The van der Waals surface area contributed by atoms with Gasteiger partial charge in [0.1, 0.15) is 0 Å². The molecule has 1 unspecified atom stereocenters. The molecular weight excluding hydrogens is 140 g/mol. The molecular formula is C8H14N2O. The summed E-state index contributed by atoms with van der Waals surface area (Å²) in [5.41, 5.74) is 0.920. The van der Waals surface area contributed by atoms with E-state index in [2.05, 4.69) is 5.10 Å². The third kappa shape index (κ3) is 1.27. The topological polar surface area (TPSA) is 32.7 Å². The van der Waals surface area contributed by atoms with Crippen molar-refractivity contribution in [2.24, 2.45) is 11.0 Å². The number of hydrogen-bond donors (Lipinski definition) is 0. The van der Waals surface area contributed by atoms with Crippen LogP contribution >= 0.6 is 0 Å². The van der Waals surface area contributed by atoms with Crippen LogP contribution in [0.25, 0.3) is 0 Å². The van der Waals surface area contributed by atoms with E-state index in [0.29, 0.717) is 0 Å². The normalized spacial score (nSPS) is 24.8. The van der Waals surface area contributed by atoms with E-state index in [9.17, 15) is 4.79 Å². The second-order valence-corrected chi connectivity index (χ2v) is 3.24. The molecule has 1 rings (SSSR count). The summed E-state index contributed by atoms with van der Waals surface area (Å²) in [5.74, 6) is 0.106. The first kappa shape index (κ1) is 8.24. The van der Waals surface area contributed by atoms with Crippen molar-refractivity contribution >= 4 is 11.6 Å². The van der Waals surface area contributed by atoms with Gasteiger partial charge in [-0.05, 0) is 27.7 Å². The van der Waals surface area contributed by atoms with E-state index < -0.39 is 0 Å². The third-order valence-corrected chi connectivity index (χ3v) is 1.98. The van der Waals surface area contributed by atoms with Crippen molar-refractivity contribution in [2.45, 2.75) is 33.7 Å². The summed E-state index contributed by atoms with van der Waals surface area (Å²) >= 11 is 0. The predicted molar refractivity (Wildman–Crippen MR) is 44.3 cm³/mol. The van der Waals surface area contributed by atoms with Gasteiger partial charge in [0, 0.05) is 11.8 Å². The molecule has 0 bridgehead atoms. The van der Waals surface area contributed by atoms with Gasteiger partial charge in [0.25, 0.3) is 5.91 Å². The van der Waals surface area contributed by atoms with E-state index in [1.165, 1.54) is 0 Å². The molecule has 0 aromatic heterocycles. The zero-order valence-corrected chi connectivity index (χ0v) is 7.46. The molecule has 0 aromatic carbocycles. The standard InChI is InChI=1S/C8H14N2O/c1-5(2)10-8(11)6(3)7(4)9-10/h5-6H,1-4H3. The van der Waals surface area contributed by atoms with Crippen LogP contribution in [-0.2, 0) is 4.79 Å². The molecule has 1 amide bonds. The highest BCUT2D eigenvalue weighted by Gasteiger charge is 2.30. The number of rotatable bonds is 1. The highest BCUT2D eigenvalue weighted by atomic mass is 16.2. The molecule has 3 nitrogen and oxygen atoms in total. The maximum absolute atomic E-state index is 11.4. The van der Waals surface area contributed by atoms with Gasteiger partial charge < -0.3 is 0 Å². The minimum Gasteiger partial charge on any atom is -0.272 e. The van der Waals surface area contributed by atoms with Crippen molar-refractivity contribution in [3.8, 4) is 0 Å². The third-order valence-electron chi connectivity index (χ3n) is 1.98. The Hall–Kier alpha value is -0.860. The fraction of sp³-hybridized carbons (Fsp3) is 0.750. The van der Waals surface area contributed by atoms with Crippen LogP contribution in [0.15, 0.2) is 5.10 Å². The highest BCUT2D eigenvalue weighted by Crippen LogP contribution is 2.16. The summed E-state index contributed by atoms with van der Waals surface area (Å²) < 4.78 is 0. The maximum atomic E-state index is 11.4. The average molecular weight is 154 g/mol. The van der Waals surface area contributed by atoms with Crippen LogP contribution < -0.4 is 0 Å². The van der Waals surface area contributed by atoms with E-state index in [1.54, 1.807) is 5.01 Å².